The average molecular weight is 234 g/mol. The second kappa shape index (κ2) is 2.96. The van der Waals surface area contributed by atoms with Gasteiger partial charge in [-0.05, 0) is 37.5 Å². The lowest BCUT2D eigenvalue weighted by Gasteiger charge is -2.48. The third kappa shape index (κ3) is 1.10. The summed E-state index contributed by atoms with van der Waals surface area (Å²) in [6, 6.07) is 0. The minimum absolute atomic E-state index is 0.0965. The van der Waals surface area contributed by atoms with Crippen molar-refractivity contribution in [2.24, 2.45) is 16.7 Å². The lowest BCUT2D eigenvalue weighted by molar-refractivity contribution is -0.176. The summed E-state index contributed by atoms with van der Waals surface area (Å²) in [6.45, 7) is 8.91. The second-order valence-electron chi connectivity index (χ2n) is 6.97. The maximum atomic E-state index is 11.9. The molecule has 1 heterocycles. The Kier molecular flexibility index (Phi) is 1.97. The zero-order chi connectivity index (χ0) is 12.5. The fourth-order valence-electron chi connectivity index (χ4n) is 4.56. The predicted octanol–water partition coefficient (Wildman–Crippen LogP) is 3.46. The molecule has 17 heavy (non-hydrogen) atoms. The highest BCUT2D eigenvalue weighted by Crippen LogP contribution is 2.72. The Bertz CT molecular complexity index is 421. The van der Waals surface area contributed by atoms with Gasteiger partial charge >= 0.3 is 5.97 Å². The van der Waals surface area contributed by atoms with Gasteiger partial charge in [-0.1, -0.05) is 26.8 Å². The Hall–Kier alpha value is -0.790. The van der Waals surface area contributed by atoms with Gasteiger partial charge in [-0.15, -0.1) is 0 Å². The Morgan fingerprint density at radius 3 is 2.53 bits per heavy atom. The van der Waals surface area contributed by atoms with E-state index in [1.165, 1.54) is 12.8 Å². The molecule has 2 aliphatic carbocycles. The van der Waals surface area contributed by atoms with E-state index < -0.39 is 0 Å². The van der Waals surface area contributed by atoms with Gasteiger partial charge in [0.05, 0.1) is 0 Å². The van der Waals surface area contributed by atoms with E-state index in [9.17, 15) is 4.79 Å². The molecule has 1 aliphatic heterocycles. The van der Waals surface area contributed by atoms with E-state index in [1.54, 1.807) is 0 Å². The van der Waals surface area contributed by atoms with Crippen molar-refractivity contribution < 1.29 is 9.53 Å². The predicted molar refractivity (Wildman–Crippen MR) is 66.4 cm³/mol. The zero-order valence-electron chi connectivity index (χ0n) is 11.3. The number of hydrogen-bond acceptors (Lipinski definition) is 2. The maximum Gasteiger partial charge on any atom is 0.333 e. The number of carbonyl (C=O) groups excluding carboxylic acids is 1. The number of ether oxygens (including phenoxy) is 1. The second-order valence-corrected chi connectivity index (χ2v) is 6.97. The number of hydrogen-bond donors (Lipinski definition) is 0. The molecule has 2 fully saturated rings. The third-order valence-corrected chi connectivity index (χ3v) is 6.37. The molecule has 3 rings (SSSR count). The number of esters is 1. The average Bonchev–Trinajstić information content (AvgIpc) is 2.56. The first kappa shape index (κ1) is 11.3. The van der Waals surface area contributed by atoms with Crippen LogP contribution in [0, 0.1) is 16.7 Å². The van der Waals surface area contributed by atoms with Gasteiger partial charge in [0.25, 0.3) is 0 Å². The number of rotatable bonds is 0. The largest absolute Gasteiger partial charge is 0.455 e. The molecule has 0 unspecified atom stereocenters. The SMILES string of the molecule is CC1=CC[C@]2(C[C@H]3CC[C@]2(C)C3(C)C)OC1=O. The highest BCUT2D eigenvalue weighted by atomic mass is 16.6. The van der Waals surface area contributed by atoms with Crippen LogP contribution in [-0.4, -0.2) is 11.6 Å². The van der Waals surface area contributed by atoms with Crippen LogP contribution in [0.1, 0.15) is 53.4 Å². The Morgan fingerprint density at radius 2 is 2.06 bits per heavy atom. The van der Waals surface area contributed by atoms with Crippen LogP contribution in [0.15, 0.2) is 11.6 Å². The van der Waals surface area contributed by atoms with Gasteiger partial charge < -0.3 is 4.74 Å². The molecule has 0 aromatic rings. The molecule has 0 radical (unpaired) electrons. The van der Waals surface area contributed by atoms with Crippen LogP contribution >= 0.6 is 0 Å². The quantitative estimate of drug-likeness (QED) is 0.600. The molecule has 0 amide bonds. The van der Waals surface area contributed by atoms with Crippen molar-refractivity contribution in [2.45, 2.75) is 59.0 Å². The number of fused-ring (bicyclic) bond motifs is 3. The highest BCUT2D eigenvalue weighted by molar-refractivity contribution is 5.89. The summed E-state index contributed by atoms with van der Waals surface area (Å²) in [7, 11) is 0. The van der Waals surface area contributed by atoms with E-state index in [0.29, 0.717) is 11.3 Å². The molecule has 0 N–H and O–H groups in total. The zero-order valence-corrected chi connectivity index (χ0v) is 11.3. The van der Waals surface area contributed by atoms with Crippen molar-refractivity contribution in [3.8, 4) is 0 Å². The molecule has 3 aliphatic rings. The van der Waals surface area contributed by atoms with Gasteiger partial charge in [0.15, 0.2) is 0 Å². The van der Waals surface area contributed by atoms with Crippen molar-refractivity contribution in [3.63, 3.8) is 0 Å². The Labute approximate surface area is 103 Å². The fraction of sp³-hybridized carbons (Fsp3) is 0.800. The van der Waals surface area contributed by atoms with E-state index in [4.69, 9.17) is 4.74 Å². The topological polar surface area (TPSA) is 26.3 Å². The molecule has 3 atom stereocenters. The van der Waals surface area contributed by atoms with Crippen molar-refractivity contribution in [2.75, 3.05) is 0 Å². The van der Waals surface area contributed by atoms with E-state index >= 15 is 0 Å². The molecule has 0 aromatic heterocycles. The molecule has 94 valence electrons. The van der Waals surface area contributed by atoms with Crippen molar-refractivity contribution in [3.05, 3.63) is 11.6 Å². The minimum Gasteiger partial charge on any atom is -0.455 e. The summed E-state index contributed by atoms with van der Waals surface area (Å²) in [4.78, 5) is 11.9. The summed E-state index contributed by atoms with van der Waals surface area (Å²) in [5, 5.41) is 0. The molecule has 2 saturated carbocycles. The summed E-state index contributed by atoms with van der Waals surface area (Å²) >= 11 is 0. The summed E-state index contributed by atoms with van der Waals surface area (Å²) in [5.41, 5.74) is 1.01. The van der Waals surface area contributed by atoms with Gasteiger partial charge in [-0.3, -0.25) is 0 Å². The standard InChI is InChI=1S/C15H22O2/c1-10-5-8-15(17-12(10)16)9-11-6-7-14(15,4)13(11,2)3/h5,11H,6-9H2,1-4H3/t11-,14-,15-/m1/s1. The lowest BCUT2D eigenvalue weighted by atomic mass is 9.63. The minimum atomic E-state index is -0.212. The highest BCUT2D eigenvalue weighted by Gasteiger charge is 2.70. The summed E-state index contributed by atoms with van der Waals surface area (Å²) in [6.07, 6.45) is 6.57. The third-order valence-electron chi connectivity index (χ3n) is 6.37. The van der Waals surface area contributed by atoms with Gasteiger partial charge in [0, 0.05) is 17.4 Å². The van der Waals surface area contributed by atoms with Crippen LogP contribution in [0.2, 0.25) is 0 Å². The maximum absolute atomic E-state index is 11.9. The molecular weight excluding hydrogens is 212 g/mol. The summed E-state index contributed by atoms with van der Waals surface area (Å²) < 4.78 is 5.91. The van der Waals surface area contributed by atoms with Crippen molar-refractivity contribution in [1.29, 1.82) is 0 Å². The van der Waals surface area contributed by atoms with Crippen LogP contribution < -0.4 is 0 Å². The molecular formula is C15H22O2. The summed E-state index contributed by atoms with van der Waals surface area (Å²) in [5.74, 6) is 0.618. The van der Waals surface area contributed by atoms with E-state index in [-0.39, 0.29) is 17.0 Å². The van der Waals surface area contributed by atoms with E-state index in [0.717, 1.165) is 18.4 Å². The van der Waals surface area contributed by atoms with Crippen molar-refractivity contribution >= 4 is 5.97 Å². The van der Waals surface area contributed by atoms with Crippen LogP contribution in [-0.2, 0) is 9.53 Å². The molecule has 2 nitrogen and oxygen atoms in total. The van der Waals surface area contributed by atoms with E-state index in [2.05, 4.69) is 26.8 Å². The first-order valence-corrected chi connectivity index (χ1v) is 6.73. The van der Waals surface area contributed by atoms with Crippen molar-refractivity contribution in [1.82, 2.24) is 0 Å². The van der Waals surface area contributed by atoms with Crippen LogP contribution in [0.25, 0.3) is 0 Å². The molecule has 0 saturated heterocycles. The normalized spacial score (nSPS) is 47.2. The Morgan fingerprint density at radius 1 is 1.35 bits per heavy atom. The number of carbonyl (C=O) groups is 1. The first-order chi connectivity index (χ1) is 7.82. The molecule has 1 spiro atoms. The smallest absolute Gasteiger partial charge is 0.333 e. The Balaban J connectivity index is 2.05. The van der Waals surface area contributed by atoms with Crippen LogP contribution in [0.5, 0.6) is 0 Å². The molecule has 2 bridgehead atoms. The van der Waals surface area contributed by atoms with Crippen LogP contribution in [0.4, 0.5) is 0 Å². The first-order valence-electron chi connectivity index (χ1n) is 6.73. The van der Waals surface area contributed by atoms with Gasteiger partial charge in [-0.2, -0.15) is 0 Å². The van der Waals surface area contributed by atoms with Crippen LogP contribution in [0.3, 0.4) is 0 Å². The molecule has 0 aromatic carbocycles. The van der Waals surface area contributed by atoms with Gasteiger partial charge in [0.1, 0.15) is 5.60 Å². The fourth-order valence-corrected chi connectivity index (χ4v) is 4.56. The lowest BCUT2D eigenvalue weighted by Crippen LogP contribution is -2.51. The monoisotopic (exact) mass is 234 g/mol. The van der Waals surface area contributed by atoms with E-state index in [1.807, 2.05) is 6.92 Å². The van der Waals surface area contributed by atoms with Gasteiger partial charge in [-0.25, -0.2) is 4.79 Å². The molecule has 2 heteroatoms. The van der Waals surface area contributed by atoms with Gasteiger partial charge in [0.2, 0.25) is 0 Å².